The molecule has 0 fully saturated rings. The molecule has 0 aromatic heterocycles. The third kappa shape index (κ3) is 4.26. The molecule has 0 radical (unpaired) electrons. The molecule has 0 saturated carbocycles. The number of nitrogens with zero attached hydrogens (tertiary/aromatic N) is 1. The molecule has 1 amide bonds. The summed E-state index contributed by atoms with van der Waals surface area (Å²) in [6.45, 7) is 1.55. The Hall–Kier alpha value is -2.54. The maximum Gasteiger partial charge on any atom is 0.247 e. The van der Waals surface area contributed by atoms with Crippen molar-refractivity contribution in [1.29, 1.82) is 0 Å². The van der Waals surface area contributed by atoms with Crippen LogP contribution in [0.15, 0.2) is 54.6 Å². The molecule has 1 atom stereocenters. The average molecular weight is 348 g/mol. The minimum atomic E-state index is -3.61. The minimum Gasteiger partial charge on any atom is -0.497 e. The van der Waals surface area contributed by atoms with E-state index in [1.165, 1.54) is 0 Å². The number of rotatable bonds is 6. The number of carbonyl (C=O) groups excluding carboxylic acids is 1. The van der Waals surface area contributed by atoms with Crippen LogP contribution < -0.4 is 14.4 Å². The van der Waals surface area contributed by atoms with Crippen LogP contribution >= 0.6 is 0 Å². The first-order valence-electron chi connectivity index (χ1n) is 7.32. The summed E-state index contributed by atoms with van der Waals surface area (Å²) in [5.41, 5.74) is 1.01. The molecular weight excluding hydrogens is 328 g/mol. The SMILES string of the molecule is COc1ccc(NC(=O)[C@H](C)N(c2ccccc2)S(C)(=O)=O)cc1. The largest absolute Gasteiger partial charge is 0.497 e. The number of hydrogen-bond acceptors (Lipinski definition) is 4. The van der Waals surface area contributed by atoms with Crippen LogP contribution in [0.3, 0.4) is 0 Å². The molecule has 24 heavy (non-hydrogen) atoms. The number of benzene rings is 2. The first-order valence-corrected chi connectivity index (χ1v) is 9.17. The summed E-state index contributed by atoms with van der Waals surface area (Å²) in [6, 6.07) is 14.4. The van der Waals surface area contributed by atoms with Gasteiger partial charge in [-0.05, 0) is 43.3 Å². The molecule has 0 aliphatic rings. The van der Waals surface area contributed by atoms with Crippen LogP contribution in [0.2, 0.25) is 0 Å². The van der Waals surface area contributed by atoms with Crippen LogP contribution in [-0.2, 0) is 14.8 Å². The number of ether oxygens (including phenoxy) is 1. The fourth-order valence-electron chi connectivity index (χ4n) is 2.30. The van der Waals surface area contributed by atoms with Gasteiger partial charge < -0.3 is 10.1 Å². The number of sulfonamides is 1. The molecule has 0 unspecified atom stereocenters. The van der Waals surface area contributed by atoms with Crippen molar-refractivity contribution in [3.63, 3.8) is 0 Å². The maximum absolute atomic E-state index is 12.5. The zero-order valence-electron chi connectivity index (χ0n) is 13.8. The molecule has 128 valence electrons. The molecule has 7 heteroatoms. The molecule has 0 heterocycles. The monoisotopic (exact) mass is 348 g/mol. The van der Waals surface area contributed by atoms with Gasteiger partial charge in [-0.2, -0.15) is 0 Å². The lowest BCUT2D eigenvalue weighted by atomic mass is 10.2. The lowest BCUT2D eigenvalue weighted by Gasteiger charge is -2.28. The summed E-state index contributed by atoms with van der Waals surface area (Å²) in [7, 11) is -2.06. The molecule has 6 nitrogen and oxygen atoms in total. The van der Waals surface area contributed by atoms with E-state index in [0.29, 0.717) is 17.1 Å². The number of carbonyl (C=O) groups is 1. The Labute approximate surface area is 142 Å². The first kappa shape index (κ1) is 17.8. The molecule has 0 bridgehead atoms. The summed E-state index contributed by atoms with van der Waals surface area (Å²) >= 11 is 0. The second-order valence-corrected chi connectivity index (χ2v) is 7.15. The standard InChI is InChI=1S/C17H20N2O4S/c1-13(17(20)18-14-9-11-16(23-2)12-10-14)19(24(3,21)22)15-7-5-4-6-8-15/h4-13H,1-3H3,(H,18,20)/t13-/m0/s1. The van der Waals surface area contributed by atoms with Crippen LogP contribution in [0.1, 0.15) is 6.92 Å². The van der Waals surface area contributed by atoms with Gasteiger partial charge in [0.25, 0.3) is 0 Å². The first-order chi connectivity index (χ1) is 11.3. The van der Waals surface area contributed by atoms with Gasteiger partial charge in [-0.15, -0.1) is 0 Å². The van der Waals surface area contributed by atoms with E-state index in [1.54, 1.807) is 68.6 Å². The Kier molecular flexibility index (Phi) is 5.46. The molecule has 0 aliphatic carbocycles. The van der Waals surface area contributed by atoms with Gasteiger partial charge in [0.05, 0.1) is 19.1 Å². The van der Waals surface area contributed by atoms with Crippen LogP contribution in [0.4, 0.5) is 11.4 Å². The topological polar surface area (TPSA) is 75.7 Å². The van der Waals surface area contributed by atoms with Crippen molar-refractivity contribution in [3.05, 3.63) is 54.6 Å². The lowest BCUT2D eigenvalue weighted by Crippen LogP contribution is -2.45. The van der Waals surface area contributed by atoms with Gasteiger partial charge in [0, 0.05) is 5.69 Å². The molecule has 2 aromatic carbocycles. The molecule has 2 rings (SSSR count). The van der Waals surface area contributed by atoms with Gasteiger partial charge in [0.2, 0.25) is 15.9 Å². The van der Waals surface area contributed by atoms with Gasteiger partial charge in [-0.25, -0.2) is 8.42 Å². The van der Waals surface area contributed by atoms with Crippen LogP contribution in [0.25, 0.3) is 0 Å². The van der Waals surface area contributed by atoms with Crippen molar-refractivity contribution in [2.45, 2.75) is 13.0 Å². The second-order valence-electron chi connectivity index (χ2n) is 5.29. The normalized spacial score (nSPS) is 12.3. The summed E-state index contributed by atoms with van der Waals surface area (Å²) in [6.07, 6.45) is 1.08. The van der Waals surface area contributed by atoms with E-state index in [9.17, 15) is 13.2 Å². The fourth-order valence-corrected chi connectivity index (χ4v) is 3.48. The fraction of sp³-hybridized carbons (Fsp3) is 0.235. The van der Waals surface area contributed by atoms with E-state index in [1.807, 2.05) is 0 Å². The van der Waals surface area contributed by atoms with E-state index < -0.39 is 22.0 Å². The molecular formula is C17H20N2O4S. The Morgan fingerprint density at radius 3 is 2.17 bits per heavy atom. The number of anilines is 2. The summed E-state index contributed by atoms with van der Waals surface area (Å²) < 4.78 is 30.5. The van der Waals surface area contributed by atoms with Crippen molar-refractivity contribution in [2.24, 2.45) is 0 Å². The van der Waals surface area contributed by atoms with Gasteiger partial charge in [-0.1, -0.05) is 18.2 Å². The number of nitrogens with one attached hydrogen (secondary N) is 1. The molecule has 0 saturated heterocycles. The van der Waals surface area contributed by atoms with Crippen molar-refractivity contribution in [1.82, 2.24) is 0 Å². The smallest absolute Gasteiger partial charge is 0.247 e. The molecule has 2 aromatic rings. The Balaban J connectivity index is 2.22. The zero-order chi connectivity index (χ0) is 17.7. The molecule has 0 spiro atoms. The summed E-state index contributed by atoms with van der Waals surface area (Å²) in [5.74, 6) is 0.248. The number of para-hydroxylation sites is 1. The van der Waals surface area contributed by atoms with E-state index in [2.05, 4.69) is 5.32 Å². The van der Waals surface area contributed by atoms with Gasteiger partial charge in [-0.3, -0.25) is 9.10 Å². The van der Waals surface area contributed by atoms with Crippen LogP contribution in [-0.4, -0.2) is 33.7 Å². The molecule has 0 aliphatic heterocycles. The van der Waals surface area contributed by atoms with E-state index >= 15 is 0 Å². The zero-order valence-corrected chi connectivity index (χ0v) is 14.6. The Morgan fingerprint density at radius 2 is 1.67 bits per heavy atom. The third-order valence-corrected chi connectivity index (χ3v) is 4.70. The quantitative estimate of drug-likeness (QED) is 0.870. The summed E-state index contributed by atoms with van der Waals surface area (Å²) in [5, 5.41) is 2.71. The summed E-state index contributed by atoms with van der Waals surface area (Å²) in [4.78, 5) is 12.5. The average Bonchev–Trinajstić information content (AvgIpc) is 2.55. The van der Waals surface area contributed by atoms with Crippen LogP contribution in [0.5, 0.6) is 5.75 Å². The highest BCUT2D eigenvalue weighted by molar-refractivity contribution is 7.92. The van der Waals surface area contributed by atoms with Crippen molar-refractivity contribution < 1.29 is 17.9 Å². The predicted molar refractivity (Wildman–Crippen MR) is 94.9 cm³/mol. The second kappa shape index (κ2) is 7.35. The highest BCUT2D eigenvalue weighted by Crippen LogP contribution is 2.21. The minimum absolute atomic E-state index is 0.422. The van der Waals surface area contributed by atoms with E-state index in [0.717, 1.165) is 10.6 Å². The van der Waals surface area contributed by atoms with E-state index in [-0.39, 0.29) is 0 Å². The predicted octanol–water partition coefficient (Wildman–Crippen LogP) is 2.49. The highest BCUT2D eigenvalue weighted by atomic mass is 32.2. The van der Waals surface area contributed by atoms with Crippen molar-refractivity contribution >= 4 is 27.3 Å². The number of amides is 1. The molecule has 1 N–H and O–H groups in total. The van der Waals surface area contributed by atoms with Crippen LogP contribution in [0, 0.1) is 0 Å². The third-order valence-electron chi connectivity index (χ3n) is 3.46. The highest BCUT2D eigenvalue weighted by Gasteiger charge is 2.28. The van der Waals surface area contributed by atoms with Gasteiger partial charge in [0.1, 0.15) is 11.8 Å². The van der Waals surface area contributed by atoms with E-state index in [4.69, 9.17) is 4.74 Å². The van der Waals surface area contributed by atoms with Crippen molar-refractivity contribution in [2.75, 3.05) is 23.0 Å². The van der Waals surface area contributed by atoms with Gasteiger partial charge >= 0.3 is 0 Å². The van der Waals surface area contributed by atoms with Crippen molar-refractivity contribution in [3.8, 4) is 5.75 Å². The number of methoxy groups -OCH3 is 1. The lowest BCUT2D eigenvalue weighted by molar-refractivity contribution is -0.116. The Bertz CT molecular complexity index is 789. The number of hydrogen-bond donors (Lipinski definition) is 1. The Morgan fingerprint density at radius 1 is 1.08 bits per heavy atom. The van der Waals surface area contributed by atoms with Gasteiger partial charge in [0.15, 0.2) is 0 Å². The maximum atomic E-state index is 12.5.